The molecule has 13 heavy (non-hydrogen) atoms. The minimum Gasteiger partial charge on any atom is -0.309 e. The summed E-state index contributed by atoms with van der Waals surface area (Å²) in [5.74, 6) is 6.08. The van der Waals surface area contributed by atoms with Crippen LogP contribution in [0.2, 0.25) is 0 Å². The van der Waals surface area contributed by atoms with E-state index in [0.717, 1.165) is 17.0 Å². The molecule has 0 spiro atoms. The lowest BCUT2D eigenvalue weighted by Crippen LogP contribution is -2.04. The average molecular weight is 174 g/mol. The minimum absolute atomic E-state index is 0.716. The van der Waals surface area contributed by atoms with Crippen molar-refractivity contribution in [2.24, 2.45) is 0 Å². The Labute approximate surface area is 79.4 Å². The summed E-state index contributed by atoms with van der Waals surface area (Å²) in [6, 6.07) is 4.00. The summed E-state index contributed by atoms with van der Waals surface area (Å²) in [6.07, 6.45) is 0. The second-order valence-electron chi connectivity index (χ2n) is 2.92. The van der Waals surface area contributed by atoms with Gasteiger partial charge in [-0.3, -0.25) is 4.98 Å². The highest BCUT2D eigenvalue weighted by atomic mass is 14.8. The lowest BCUT2D eigenvalue weighted by atomic mass is 10.2. The van der Waals surface area contributed by atoms with E-state index in [2.05, 4.69) is 22.1 Å². The fourth-order valence-corrected chi connectivity index (χ4v) is 1.05. The Morgan fingerprint density at radius 3 is 2.77 bits per heavy atom. The normalized spacial score (nSPS) is 9.15. The highest BCUT2D eigenvalue weighted by Crippen LogP contribution is 2.03. The Morgan fingerprint density at radius 2 is 2.15 bits per heavy atom. The molecule has 1 aromatic heterocycles. The SMILES string of the molecule is CNCC#Cc1ccc(C)nc1C. The molecule has 2 heteroatoms. The summed E-state index contributed by atoms with van der Waals surface area (Å²) < 4.78 is 0. The lowest BCUT2D eigenvalue weighted by Gasteiger charge is -1.97. The first-order valence-corrected chi connectivity index (χ1v) is 4.32. The van der Waals surface area contributed by atoms with Crippen LogP contribution in [0.15, 0.2) is 12.1 Å². The number of aryl methyl sites for hydroxylation is 2. The van der Waals surface area contributed by atoms with E-state index in [0.29, 0.717) is 6.54 Å². The van der Waals surface area contributed by atoms with E-state index in [-0.39, 0.29) is 0 Å². The van der Waals surface area contributed by atoms with Gasteiger partial charge in [-0.25, -0.2) is 0 Å². The van der Waals surface area contributed by atoms with E-state index in [1.165, 1.54) is 0 Å². The van der Waals surface area contributed by atoms with Crippen molar-refractivity contribution in [1.29, 1.82) is 0 Å². The van der Waals surface area contributed by atoms with Gasteiger partial charge in [0.25, 0.3) is 0 Å². The maximum Gasteiger partial charge on any atom is 0.0577 e. The molecule has 0 radical (unpaired) electrons. The Hall–Kier alpha value is -1.33. The third-order valence-electron chi connectivity index (χ3n) is 1.71. The van der Waals surface area contributed by atoms with Crippen LogP contribution in [0.4, 0.5) is 0 Å². The second kappa shape index (κ2) is 4.64. The van der Waals surface area contributed by atoms with Crippen LogP contribution in [0.1, 0.15) is 17.0 Å². The summed E-state index contributed by atoms with van der Waals surface area (Å²) in [6.45, 7) is 4.68. The van der Waals surface area contributed by atoms with Crippen molar-refractivity contribution in [2.45, 2.75) is 13.8 Å². The van der Waals surface area contributed by atoms with Gasteiger partial charge in [-0.15, -0.1) is 0 Å². The maximum absolute atomic E-state index is 4.33. The van der Waals surface area contributed by atoms with Gasteiger partial charge in [0.1, 0.15) is 0 Å². The van der Waals surface area contributed by atoms with Crippen molar-refractivity contribution in [2.75, 3.05) is 13.6 Å². The molecular weight excluding hydrogens is 160 g/mol. The number of nitrogens with zero attached hydrogens (tertiary/aromatic N) is 1. The van der Waals surface area contributed by atoms with Gasteiger partial charge in [-0.1, -0.05) is 11.8 Å². The number of nitrogens with one attached hydrogen (secondary N) is 1. The zero-order valence-electron chi connectivity index (χ0n) is 8.31. The molecule has 1 N–H and O–H groups in total. The van der Waals surface area contributed by atoms with E-state index >= 15 is 0 Å². The molecule has 0 unspecified atom stereocenters. The standard InChI is InChI=1S/C11H14N2/c1-9-6-7-11(10(2)13-9)5-4-8-12-3/h6-7,12H,8H2,1-3H3. The van der Waals surface area contributed by atoms with Crippen LogP contribution in [-0.2, 0) is 0 Å². The molecule has 0 atom stereocenters. The van der Waals surface area contributed by atoms with Crippen molar-refractivity contribution < 1.29 is 0 Å². The molecule has 2 nitrogen and oxygen atoms in total. The molecule has 1 heterocycles. The first-order valence-electron chi connectivity index (χ1n) is 4.32. The van der Waals surface area contributed by atoms with E-state index < -0.39 is 0 Å². The molecule has 1 aromatic rings. The Bertz CT molecular complexity index is 345. The highest BCUT2D eigenvalue weighted by Gasteiger charge is 1.94. The third-order valence-corrected chi connectivity index (χ3v) is 1.71. The number of hydrogen-bond donors (Lipinski definition) is 1. The summed E-state index contributed by atoms with van der Waals surface area (Å²) in [4.78, 5) is 4.33. The molecular formula is C11H14N2. The Kier molecular flexibility index (Phi) is 3.48. The molecule has 0 aliphatic heterocycles. The van der Waals surface area contributed by atoms with Crippen LogP contribution in [0.25, 0.3) is 0 Å². The third kappa shape index (κ3) is 2.89. The number of rotatable bonds is 1. The van der Waals surface area contributed by atoms with Crippen molar-refractivity contribution in [3.63, 3.8) is 0 Å². The number of aromatic nitrogens is 1. The first kappa shape index (κ1) is 9.76. The molecule has 68 valence electrons. The van der Waals surface area contributed by atoms with Gasteiger partial charge in [-0.05, 0) is 33.0 Å². The maximum atomic E-state index is 4.33. The molecule has 0 aliphatic carbocycles. The summed E-state index contributed by atoms with van der Waals surface area (Å²) >= 11 is 0. The van der Waals surface area contributed by atoms with E-state index in [1.54, 1.807) is 0 Å². The smallest absolute Gasteiger partial charge is 0.0577 e. The zero-order valence-corrected chi connectivity index (χ0v) is 8.31. The Morgan fingerprint density at radius 1 is 1.38 bits per heavy atom. The summed E-state index contributed by atoms with van der Waals surface area (Å²) in [5, 5.41) is 2.97. The van der Waals surface area contributed by atoms with Gasteiger partial charge in [0.05, 0.1) is 12.2 Å². The Balaban J connectivity index is 2.85. The van der Waals surface area contributed by atoms with Crippen molar-refractivity contribution >= 4 is 0 Å². The predicted octanol–water partition coefficient (Wildman–Crippen LogP) is 1.27. The predicted molar refractivity (Wildman–Crippen MR) is 54.5 cm³/mol. The van der Waals surface area contributed by atoms with Gasteiger partial charge in [0, 0.05) is 11.3 Å². The van der Waals surface area contributed by atoms with Gasteiger partial charge in [0.15, 0.2) is 0 Å². The second-order valence-corrected chi connectivity index (χ2v) is 2.92. The van der Waals surface area contributed by atoms with E-state index in [9.17, 15) is 0 Å². The lowest BCUT2D eigenvalue weighted by molar-refractivity contribution is 0.938. The molecule has 0 amide bonds. The topological polar surface area (TPSA) is 24.9 Å². The first-order chi connectivity index (χ1) is 6.24. The number of hydrogen-bond acceptors (Lipinski definition) is 2. The summed E-state index contributed by atoms with van der Waals surface area (Å²) in [5.41, 5.74) is 3.06. The van der Waals surface area contributed by atoms with Crippen LogP contribution in [0, 0.1) is 25.7 Å². The molecule has 0 saturated heterocycles. The van der Waals surface area contributed by atoms with Crippen LogP contribution in [0.5, 0.6) is 0 Å². The van der Waals surface area contributed by atoms with E-state index in [1.807, 2.05) is 33.0 Å². The number of pyridine rings is 1. The van der Waals surface area contributed by atoms with Gasteiger partial charge in [0.2, 0.25) is 0 Å². The quantitative estimate of drug-likeness (QED) is 0.648. The highest BCUT2D eigenvalue weighted by molar-refractivity contribution is 5.38. The van der Waals surface area contributed by atoms with Crippen LogP contribution in [0.3, 0.4) is 0 Å². The van der Waals surface area contributed by atoms with Crippen LogP contribution >= 0.6 is 0 Å². The molecule has 0 fully saturated rings. The minimum atomic E-state index is 0.716. The van der Waals surface area contributed by atoms with Crippen LogP contribution < -0.4 is 5.32 Å². The molecule has 0 aliphatic rings. The molecule has 0 aromatic carbocycles. The fourth-order valence-electron chi connectivity index (χ4n) is 1.05. The van der Waals surface area contributed by atoms with Crippen molar-refractivity contribution in [1.82, 2.24) is 10.3 Å². The largest absolute Gasteiger partial charge is 0.309 e. The van der Waals surface area contributed by atoms with Crippen molar-refractivity contribution in [3.8, 4) is 11.8 Å². The van der Waals surface area contributed by atoms with Crippen LogP contribution in [-0.4, -0.2) is 18.6 Å². The fraction of sp³-hybridized carbons (Fsp3) is 0.364. The van der Waals surface area contributed by atoms with Gasteiger partial charge in [-0.2, -0.15) is 0 Å². The molecule has 0 saturated carbocycles. The zero-order chi connectivity index (χ0) is 9.68. The van der Waals surface area contributed by atoms with Gasteiger partial charge >= 0.3 is 0 Å². The van der Waals surface area contributed by atoms with Crippen molar-refractivity contribution in [3.05, 3.63) is 29.1 Å². The van der Waals surface area contributed by atoms with Gasteiger partial charge < -0.3 is 5.32 Å². The average Bonchev–Trinajstić information content (AvgIpc) is 2.09. The monoisotopic (exact) mass is 174 g/mol. The molecule has 1 rings (SSSR count). The molecule has 0 bridgehead atoms. The van der Waals surface area contributed by atoms with E-state index in [4.69, 9.17) is 0 Å². The summed E-state index contributed by atoms with van der Waals surface area (Å²) in [7, 11) is 1.88.